The molecule has 1 fully saturated rings. The second-order valence-corrected chi connectivity index (χ2v) is 5.61. The van der Waals surface area contributed by atoms with Crippen LogP contribution in [0.5, 0.6) is 0 Å². The molecule has 2 N–H and O–H groups in total. The number of nitrogens with zero attached hydrogens (tertiary/aromatic N) is 1. The monoisotopic (exact) mass is 292 g/mol. The Morgan fingerprint density at radius 1 is 1.40 bits per heavy atom. The van der Waals surface area contributed by atoms with Crippen molar-refractivity contribution >= 4 is 11.6 Å². The predicted octanol–water partition coefficient (Wildman–Crippen LogP) is 2.70. The molecular weight excluding hydrogens is 276 g/mol. The third-order valence-corrected chi connectivity index (χ3v) is 3.90. The first kappa shape index (κ1) is 13.6. The Balaban J connectivity index is 1.68. The molecule has 0 radical (unpaired) electrons. The maximum atomic E-state index is 10.2. The maximum absolute atomic E-state index is 10.2. The molecule has 0 aliphatic carbocycles. The zero-order valence-electron chi connectivity index (χ0n) is 11.1. The largest absolute Gasteiger partial charge is 0.385 e. The summed E-state index contributed by atoms with van der Waals surface area (Å²) in [6.45, 7) is 0.956. The smallest absolute Gasteiger partial charge is 0.141 e. The number of benzene rings is 1. The quantitative estimate of drug-likeness (QED) is 0.910. The Morgan fingerprint density at radius 2 is 2.20 bits per heavy atom. The predicted molar refractivity (Wildman–Crippen MR) is 76.7 cm³/mol. The van der Waals surface area contributed by atoms with Gasteiger partial charge in [0.1, 0.15) is 17.6 Å². The van der Waals surface area contributed by atoms with Crippen molar-refractivity contribution in [2.24, 2.45) is 0 Å². The van der Waals surface area contributed by atoms with Crippen molar-refractivity contribution in [1.29, 1.82) is 0 Å². The van der Waals surface area contributed by atoms with Crippen molar-refractivity contribution in [3.05, 3.63) is 52.4 Å². The van der Waals surface area contributed by atoms with E-state index in [4.69, 9.17) is 16.1 Å². The Bertz CT molecular complexity index is 562. The SMILES string of the molecule is O[C@H](c1cc(Cc2ccc(Cl)cc2)on1)[C@@H]1CCCN1. The van der Waals surface area contributed by atoms with Gasteiger partial charge in [-0.3, -0.25) is 0 Å². The summed E-state index contributed by atoms with van der Waals surface area (Å²) >= 11 is 5.86. The summed E-state index contributed by atoms with van der Waals surface area (Å²) in [6, 6.07) is 9.54. The van der Waals surface area contributed by atoms with Gasteiger partial charge in [0.15, 0.2) is 0 Å². The highest BCUT2D eigenvalue weighted by molar-refractivity contribution is 6.30. The standard InChI is InChI=1S/C15H17ClN2O2/c16-11-5-3-10(4-6-11)8-12-9-14(18-20-12)15(19)13-2-1-7-17-13/h3-6,9,13,15,17,19H,1-2,7-8H2/t13-,15-/m0/s1. The van der Waals surface area contributed by atoms with Crippen molar-refractivity contribution in [3.8, 4) is 0 Å². The zero-order chi connectivity index (χ0) is 13.9. The van der Waals surface area contributed by atoms with Crippen LogP contribution in [0.4, 0.5) is 0 Å². The van der Waals surface area contributed by atoms with Gasteiger partial charge >= 0.3 is 0 Å². The normalized spacial score (nSPS) is 20.2. The van der Waals surface area contributed by atoms with Gasteiger partial charge in [-0.25, -0.2) is 0 Å². The topological polar surface area (TPSA) is 58.3 Å². The van der Waals surface area contributed by atoms with E-state index < -0.39 is 6.10 Å². The highest BCUT2D eigenvalue weighted by atomic mass is 35.5. The first-order valence-electron chi connectivity index (χ1n) is 6.84. The first-order chi connectivity index (χ1) is 9.72. The summed E-state index contributed by atoms with van der Waals surface area (Å²) < 4.78 is 5.31. The van der Waals surface area contributed by atoms with E-state index in [1.165, 1.54) is 0 Å². The summed E-state index contributed by atoms with van der Waals surface area (Å²) in [6.07, 6.45) is 2.12. The summed E-state index contributed by atoms with van der Waals surface area (Å²) in [5, 5.41) is 18.2. The van der Waals surface area contributed by atoms with E-state index in [1.54, 1.807) is 0 Å². The Labute approximate surface area is 122 Å². The Morgan fingerprint density at radius 3 is 2.90 bits per heavy atom. The average molecular weight is 293 g/mol. The Hall–Kier alpha value is -1.36. The van der Waals surface area contributed by atoms with Gasteiger partial charge in [-0.05, 0) is 37.1 Å². The van der Waals surface area contributed by atoms with Gasteiger partial charge in [0.2, 0.25) is 0 Å². The number of hydrogen-bond acceptors (Lipinski definition) is 4. The molecule has 1 aliphatic heterocycles. The van der Waals surface area contributed by atoms with Gasteiger partial charge in [0, 0.05) is 23.6 Å². The van der Waals surface area contributed by atoms with Crippen LogP contribution in [-0.4, -0.2) is 22.8 Å². The lowest BCUT2D eigenvalue weighted by atomic mass is 10.1. The molecule has 0 spiro atoms. The molecule has 5 heteroatoms. The lowest BCUT2D eigenvalue weighted by Gasteiger charge is -2.14. The molecule has 2 aromatic rings. The van der Waals surface area contributed by atoms with Gasteiger partial charge in [-0.2, -0.15) is 0 Å². The number of aliphatic hydroxyl groups excluding tert-OH is 1. The van der Waals surface area contributed by atoms with Gasteiger partial charge < -0.3 is 14.9 Å². The molecule has 2 heterocycles. The van der Waals surface area contributed by atoms with Crippen LogP contribution in [0.15, 0.2) is 34.9 Å². The van der Waals surface area contributed by atoms with Crippen molar-refractivity contribution in [3.63, 3.8) is 0 Å². The van der Waals surface area contributed by atoms with Crippen molar-refractivity contribution < 1.29 is 9.63 Å². The van der Waals surface area contributed by atoms with E-state index in [-0.39, 0.29) is 6.04 Å². The minimum atomic E-state index is -0.597. The van der Waals surface area contributed by atoms with Crippen LogP contribution in [0.25, 0.3) is 0 Å². The van der Waals surface area contributed by atoms with Crippen molar-refractivity contribution in [2.75, 3.05) is 6.54 Å². The number of aromatic nitrogens is 1. The highest BCUT2D eigenvalue weighted by Crippen LogP contribution is 2.23. The molecule has 0 amide bonds. The molecule has 2 atom stereocenters. The Kier molecular flexibility index (Phi) is 4.05. The molecule has 1 saturated heterocycles. The van der Waals surface area contributed by atoms with Gasteiger partial charge in [0.05, 0.1) is 0 Å². The fourth-order valence-electron chi connectivity index (χ4n) is 2.54. The van der Waals surface area contributed by atoms with E-state index in [0.717, 1.165) is 35.7 Å². The van der Waals surface area contributed by atoms with Crippen LogP contribution in [-0.2, 0) is 6.42 Å². The molecule has 20 heavy (non-hydrogen) atoms. The minimum absolute atomic E-state index is 0.0866. The van der Waals surface area contributed by atoms with Crippen LogP contribution in [0.3, 0.4) is 0 Å². The number of rotatable bonds is 4. The van der Waals surface area contributed by atoms with Crippen LogP contribution in [0.2, 0.25) is 5.02 Å². The molecule has 1 aromatic carbocycles. The van der Waals surface area contributed by atoms with E-state index in [1.807, 2.05) is 30.3 Å². The van der Waals surface area contributed by atoms with Crippen LogP contribution in [0.1, 0.15) is 36.0 Å². The fraction of sp³-hybridized carbons (Fsp3) is 0.400. The first-order valence-corrected chi connectivity index (χ1v) is 7.21. The third kappa shape index (κ3) is 3.03. The fourth-order valence-corrected chi connectivity index (χ4v) is 2.67. The van der Waals surface area contributed by atoms with Crippen molar-refractivity contribution in [2.45, 2.75) is 31.4 Å². The number of hydrogen-bond donors (Lipinski definition) is 2. The van der Waals surface area contributed by atoms with E-state index in [2.05, 4.69) is 10.5 Å². The van der Waals surface area contributed by atoms with Gasteiger partial charge in [-0.15, -0.1) is 0 Å². The van der Waals surface area contributed by atoms with Crippen LogP contribution in [0, 0.1) is 0 Å². The van der Waals surface area contributed by atoms with Crippen molar-refractivity contribution in [1.82, 2.24) is 10.5 Å². The molecular formula is C15H17ClN2O2. The summed E-state index contributed by atoms with van der Waals surface area (Å²) in [7, 11) is 0. The van der Waals surface area contributed by atoms with Gasteiger partial charge in [0.25, 0.3) is 0 Å². The van der Waals surface area contributed by atoms with E-state index in [9.17, 15) is 5.11 Å². The number of aliphatic hydroxyl groups is 1. The summed E-state index contributed by atoms with van der Waals surface area (Å²) in [4.78, 5) is 0. The van der Waals surface area contributed by atoms with Gasteiger partial charge in [-0.1, -0.05) is 28.9 Å². The van der Waals surface area contributed by atoms with E-state index in [0.29, 0.717) is 12.1 Å². The lowest BCUT2D eigenvalue weighted by Crippen LogP contribution is -2.28. The second-order valence-electron chi connectivity index (χ2n) is 5.17. The molecule has 106 valence electrons. The highest BCUT2D eigenvalue weighted by Gasteiger charge is 2.26. The lowest BCUT2D eigenvalue weighted by molar-refractivity contribution is 0.128. The second kappa shape index (κ2) is 5.95. The molecule has 3 rings (SSSR count). The molecule has 4 nitrogen and oxygen atoms in total. The minimum Gasteiger partial charge on any atom is -0.385 e. The zero-order valence-corrected chi connectivity index (χ0v) is 11.8. The average Bonchev–Trinajstić information content (AvgIpc) is 3.12. The summed E-state index contributed by atoms with van der Waals surface area (Å²) in [5.41, 5.74) is 1.71. The third-order valence-electron chi connectivity index (χ3n) is 3.65. The number of nitrogens with one attached hydrogen (secondary N) is 1. The molecule has 1 aromatic heterocycles. The molecule has 0 saturated carbocycles. The maximum Gasteiger partial charge on any atom is 0.141 e. The number of halogens is 1. The molecule has 0 bridgehead atoms. The van der Waals surface area contributed by atoms with Crippen LogP contribution >= 0.6 is 11.6 Å². The van der Waals surface area contributed by atoms with Crippen LogP contribution < -0.4 is 5.32 Å². The molecule has 1 aliphatic rings. The summed E-state index contributed by atoms with van der Waals surface area (Å²) in [5.74, 6) is 0.749. The molecule has 0 unspecified atom stereocenters. The van der Waals surface area contributed by atoms with E-state index >= 15 is 0 Å².